The molecule has 9 nitrogen and oxygen atoms in total. The van der Waals surface area contributed by atoms with Crippen molar-refractivity contribution in [1.29, 1.82) is 0 Å². The summed E-state index contributed by atoms with van der Waals surface area (Å²) in [4.78, 5) is 33.4. The Balaban J connectivity index is 1.99. The molecule has 1 aromatic carbocycles. The number of rotatable bonds is 5. The highest BCUT2D eigenvalue weighted by atomic mass is 16.6. The number of carbonyl (C=O) groups is 2. The molecule has 0 atom stereocenters. The van der Waals surface area contributed by atoms with Gasteiger partial charge in [-0.05, 0) is 33.8 Å². The minimum Gasteiger partial charge on any atom is -0.493 e. The number of esters is 1. The molecule has 1 aliphatic rings. The van der Waals surface area contributed by atoms with Gasteiger partial charge in [0.1, 0.15) is 11.2 Å². The minimum absolute atomic E-state index is 0.259. The van der Waals surface area contributed by atoms with E-state index in [2.05, 4.69) is 9.88 Å². The van der Waals surface area contributed by atoms with Crippen molar-refractivity contribution in [1.82, 2.24) is 9.88 Å². The number of benzene rings is 1. The lowest BCUT2D eigenvalue weighted by Crippen LogP contribution is -2.50. The van der Waals surface area contributed by atoms with Crippen molar-refractivity contribution >= 4 is 28.7 Å². The van der Waals surface area contributed by atoms with E-state index in [0.717, 1.165) is 5.39 Å². The Hall–Kier alpha value is -3.23. The van der Waals surface area contributed by atoms with E-state index in [-0.39, 0.29) is 12.7 Å². The summed E-state index contributed by atoms with van der Waals surface area (Å²) >= 11 is 0. The van der Waals surface area contributed by atoms with Crippen LogP contribution in [-0.2, 0) is 9.47 Å². The summed E-state index contributed by atoms with van der Waals surface area (Å²) < 4.78 is 21.6. The summed E-state index contributed by atoms with van der Waals surface area (Å²) in [5, 5.41) is 0.749. The summed E-state index contributed by atoms with van der Waals surface area (Å²) in [6.07, 6.45) is 1.19. The van der Waals surface area contributed by atoms with Crippen LogP contribution in [-0.4, -0.2) is 74.6 Å². The van der Waals surface area contributed by atoms with Crippen LogP contribution in [0, 0.1) is 0 Å². The van der Waals surface area contributed by atoms with E-state index in [0.29, 0.717) is 54.4 Å². The van der Waals surface area contributed by atoms with Gasteiger partial charge in [0.05, 0.1) is 32.0 Å². The Morgan fingerprint density at radius 1 is 1.03 bits per heavy atom. The van der Waals surface area contributed by atoms with Gasteiger partial charge in [0.25, 0.3) is 0 Å². The lowest BCUT2D eigenvalue weighted by atomic mass is 10.1. The molecule has 2 heterocycles. The lowest BCUT2D eigenvalue weighted by Gasteiger charge is -2.37. The zero-order valence-electron chi connectivity index (χ0n) is 19.6. The van der Waals surface area contributed by atoms with Crippen molar-refractivity contribution in [2.75, 3.05) is 51.9 Å². The Kier molecular flexibility index (Phi) is 6.96. The molecule has 1 aromatic heterocycles. The van der Waals surface area contributed by atoms with Crippen LogP contribution in [0.3, 0.4) is 0 Å². The highest BCUT2D eigenvalue weighted by Gasteiger charge is 2.29. The predicted octanol–water partition coefficient (Wildman–Crippen LogP) is 3.49. The zero-order valence-corrected chi connectivity index (χ0v) is 19.6. The van der Waals surface area contributed by atoms with Crippen LogP contribution in [0.25, 0.3) is 10.9 Å². The number of hydrogen-bond donors (Lipinski definition) is 0. The monoisotopic (exact) mass is 445 g/mol. The van der Waals surface area contributed by atoms with Gasteiger partial charge in [0.15, 0.2) is 11.5 Å². The molecule has 1 aliphatic heterocycles. The second-order valence-electron chi connectivity index (χ2n) is 8.42. The van der Waals surface area contributed by atoms with Crippen LogP contribution < -0.4 is 14.4 Å². The molecule has 0 saturated carbocycles. The molecule has 3 rings (SSSR count). The molecule has 0 N–H and O–H groups in total. The maximum Gasteiger partial charge on any atom is 0.410 e. The van der Waals surface area contributed by atoms with Crippen LogP contribution >= 0.6 is 0 Å². The SMILES string of the molecule is CCOC(=O)c1cnc2cc(OC)c(OC)cc2c1N1CCN(C(=O)OC(C)(C)C)CC1. The predicted molar refractivity (Wildman–Crippen MR) is 121 cm³/mol. The van der Waals surface area contributed by atoms with Crippen LogP contribution in [0.15, 0.2) is 18.3 Å². The second kappa shape index (κ2) is 9.50. The van der Waals surface area contributed by atoms with E-state index >= 15 is 0 Å². The minimum atomic E-state index is -0.553. The highest BCUT2D eigenvalue weighted by molar-refractivity contribution is 6.06. The molecule has 174 valence electrons. The second-order valence-corrected chi connectivity index (χ2v) is 8.42. The molecule has 1 saturated heterocycles. The van der Waals surface area contributed by atoms with Gasteiger partial charge >= 0.3 is 12.1 Å². The maximum atomic E-state index is 12.7. The van der Waals surface area contributed by atoms with Gasteiger partial charge in [-0.3, -0.25) is 4.98 Å². The first kappa shape index (κ1) is 23.4. The van der Waals surface area contributed by atoms with Gasteiger partial charge in [-0.25, -0.2) is 9.59 Å². The van der Waals surface area contributed by atoms with E-state index in [1.54, 1.807) is 32.1 Å². The van der Waals surface area contributed by atoms with E-state index in [1.165, 1.54) is 6.20 Å². The van der Waals surface area contributed by atoms with E-state index in [1.807, 2.05) is 26.8 Å². The molecular weight excluding hydrogens is 414 g/mol. The molecule has 0 unspecified atom stereocenters. The molecule has 0 bridgehead atoms. The third kappa shape index (κ3) is 4.98. The molecule has 0 radical (unpaired) electrons. The Morgan fingerprint density at radius 3 is 2.22 bits per heavy atom. The van der Waals surface area contributed by atoms with Crippen LogP contribution in [0.5, 0.6) is 11.5 Å². The van der Waals surface area contributed by atoms with E-state index in [9.17, 15) is 9.59 Å². The molecule has 1 fully saturated rings. The highest BCUT2D eigenvalue weighted by Crippen LogP contribution is 2.38. The number of amides is 1. The largest absolute Gasteiger partial charge is 0.493 e. The third-order valence-electron chi connectivity index (χ3n) is 5.09. The van der Waals surface area contributed by atoms with Gasteiger partial charge in [-0.15, -0.1) is 0 Å². The molecule has 9 heteroatoms. The topological polar surface area (TPSA) is 90.4 Å². The van der Waals surface area contributed by atoms with E-state index < -0.39 is 11.6 Å². The van der Waals surface area contributed by atoms with E-state index in [4.69, 9.17) is 18.9 Å². The number of ether oxygens (including phenoxy) is 4. The molecule has 0 spiro atoms. The fourth-order valence-corrected chi connectivity index (χ4v) is 3.64. The number of hydrogen-bond acceptors (Lipinski definition) is 8. The fourth-order valence-electron chi connectivity index (χ4n) is 3.64. The first-order valence-corrected chi connectivity index (χ1v) is 10.6. The van der Waals surface area contributed by atoms with Gasteiger partial charge in [-0.2, -0.15) is 0 Å². The smallest absolute Gasteiger partial charge is 0.410 e. The summed E-state index contributed by atoms with van der Waals surface area (Å²) in [7, 11) is 3.12. The maximum absolute atomic E-state index is 12.7. The quantitative estimate of drug-likeness (QED) is 0.646. The number of pyridine rings is 1. The molecule has 1 amide bonds. The van der Waals surface area contributed by atoms with Crippen LogP contribution in [0.1, 0.15) is 38.1 Å². The fraction of sp³-hybridized carbons (Fsp3) is 0.522. The van der Waals surface area contributed by atoms with Gasteiger partial charge < -0.3 is 28.7 Å². The van der Waals surface area contributed by atoms with Crippen molar-refractivity contribution in [2.45, 2.75) is 33.3 Å². The van der Waals surface area contributed by atoms with Gasteiger partial charge in [-0.1, -0.05) is 0 Å². The van der Waals surface area contributed by atoms with Crippen molar-refractivity contribution in [3.8, 4) is 11.5 Å². The number of piperazine rings is 1. The summed E-state index contributed by atoms with van der Waals surface area (Å²) in [6.45, 7) is 9.54. The third-order valence-corrected chi connectivity index (χ3v) is 5.09. The number of aromatic nitrogens is 1. The number of methoxy groups -OCH3 is 2. The molecule has 32 heavy (non-hydrogen) atoms. The van der Waals surface area contributed by atoms with Crippen LogP contribution in [0.4, 0.5) is 10.5 Å². The average molecular weight is 446 g/mol. The van der Waals surface area contributed by atoms with Crippen molar-refractivity contribution in [3.63, 3.8) is 0 Å². The van der Waals surface area contributed by atoms with Crippen LogP contribution in [0.2, 0.25) is 0 Å². The van der Waals surface area contributed by atoms with Gasteiger partial charge in [0, 0.05) is 43.8 Å². The number of fused-ring (bicyclic) bond motifs is 1. The average Bonchev–Trinajstić information content (AvgIpc) is 2.76. The number of anilines is 1. The summed E-state index contributed by atoms with van der Waals surface area (Å²) in [6, 6.07) is 3.60. The molecule has 0 aliphatic carbocycles. The summed E-state index contributed by atoms with van der Waals surface area (Å²) in [5.41, 5.74) is 1.19. The first-order chi connectivity index (χ1) is 15.2. The Bertz CT molecular complexity index is 993. The molecule has 2 aromatic rings. The zero-order chi connectivity index (χ0) is 23.5. The first-order valence-electron chi connectivity index (χ1n) is 10.6. The lowest BCUT2D eigenvalue weighted by molar-refractivity contribution is 0.0239. The Labute approximate surface area is 188 Å². The van der Waals surface area contributed by atoms with Crippen molar-refractivity contribution in [2.24, 2.45) is 0 Å². The Morgan fingerprint density at radius 2 is 1.66 bits per heavy atom. The van der Waals surface area contributed by atoms with Gasteiger partial charge in [0.2, 0.25) is 0 Å². The van der Waals surface area contributed by atoms with Crippen molar-refractivity contribution < 1.29 is 28.5 Å². The standard InChI is InChI=1S/C23H31N3O6/c1-7-31-21(27)16-14-24-17-13-19(30-6)18(29-5)12-15(17)20(16)25-8-10-26(11-9-25)22(28)32-23(2,3)4/h12-14H,7-11H2,1-6H3. The van der Waals surface area contributed by atoms with Crippen molar-refractivity contribution in [3.05, 3.63) is 23.9 Å². The summed E-state index contributed by atoms with van der Waals surface area (Å²) in [5.74, 6) is 0.648. The number of carbonyl (C=O) groups excluding carboxylic acids is 2. The number of nitrogens with zero attached hydrogens (tertiary/aromatic N) is 3. The molecular formula is C23H31N3O6. The normalized spacial score (nSPS) is 14.3.